The topological polar surface area (TPSA) is 58.1 Å². The van der Waals surface area contributed by atoms with Gasteiger partial charge in [0.05, 0.1) is 13.7 Å². The van der Waals surface area contributed by atoms with Crippen molar-refractivity contribution in [1.82, 2.24) is 15.5 Å². The van der Waals surface area contributed by atoms with Crippen molar-refractivity contribution in [2.24, 2.45) is 16.8 Å². The van der Waals surface area contributed by atoms with Crippen LogP contribution >= 0.6 is 24.0 Å². The summed E-state index contributed by atoms with van der Waals surface area (Å²) >= 11 is 0. The van der Waals surface area contributed by atoms with Gasteiger partial charge >= 0.3 is 0 Å². The lowest BCUT2D eigenvalue weighted by atomic mass is 9.97. The number of guanidine groups is 1. The Kier molecular flexibility index (Phi) is 13.2. The van der Waals surface area contributed by atoms with Gasteiger partial charge in [-0.3, -0.25) is 0 Å². The zero-order chi connectivity index (χ0) is 21.1. The van der Waals surface area contributed by atoms with Crippen molar-refractivity contribution in [3.63, 3.8) is 0 Å². The van der Waals surface area contributed by atoms with Gasteiger partial charge in [-0.15, -0.1) is 24.0 Å². The molecule has 1 aromatic rings. The quantitative estimate of drug-likeness (QED) is 0.271. The highest BCUT2D eigenvalue weighted by atomic mass is 127. The van der Waals surface area contributed by atoms with E-state index in [1.54, 1.807) is 7.11 Å². The van der Waals surface area contributed by atoms with Crippen LogP contribution < -0.4 is 20.1 Å². The molecule has 0 saturated carbocycles. The van der Waals surface area contributed by atoms with Crippen molar-refractivity contribution in [3.05, 3.63) is 24.3 Å². The van der Waals surface area contributed by atoms with Crippen LogP contribution in [0.3, 0.4) is 0 Å². The number of benzene rings is 1. The number of hydrogen-bond acceptors (Lipinski definition) is 4. The number of nitrogens with one attached hydrogen (secondary N) is 2. The molecule has 2 unspecified atom stereocenters. The Morgan fingerprint density at radius 3 is 2.60 bits per heavy atom. The molecule has 0 radical (unpaired) electrons. The fourth-order valence-electron chi connectivity index (χ4n) is 3.77. The summed E-state index contributed by atoms with van der Waals surface area (Å²) in [5.41, 5.74) is 0. The van der Waals surface area contributed by atoms with Gasteiger partial charge in [-0.2, -0.15) is 0 Å². The van der Waals surface area contributed by atoms with E-state index in [2.05, 4.69) is 36.3 Å². The van der Waals surface area contributed by atoms with Gasteiger partial charge in [0.2, 0.25) is 0 Å². The molecule has 2 N–H and O–H groups in total. The number of likely N-dealkylation sites (tertiary alicyclic amines) is 1. The van der Waals surface area contributed by atoms with Crippen molar-refractivity contribution in [2.75, 3.05) is 46.4 Å². The molecule has 0 bridgehead atoms. The monoisotopic (exact) mass is 532 g/mol. The van der Waals surface area contributed by atoms with Crippen LogP contribution in [0.5, 0.6) is 11.5 Å². The molecule has 1 aliphatic heterocycles. The highest BCUT2D eigenvalue weighted by Gasteiger charge is 2.20. The van der Waals surface area contributed by atoms with Crippen molar-refractivity contribution < 1.29 is 9.47 Å². The molecule has 1 heterocycles. The molecule has 1 fully saturated rings. The summed E-state index contributed by atoms with van der Waals surface area (Å²) < 4.78 is 11.4. The van der Waals surface area contributed by atoms with E-state index >= 15 is 0 Å². The molecular formula is C23H41IN4O2. The molecule has 30 heavy (non-hydrogen) atoms. The zero-order valence-electron chi connectivity index (χ0n) is 19.3. The molecule has 1 saturated heterocycles. The summed E-state index contributed by atoms with van der Waals surface area (Å²) in [6.07, 6.45) is 2.53. The Morgan fingerprint density at radius 1 is 1.20 bits per heavy atom. The molecule has 1 aliphatic rings. The van der Waals surface area contributed by atoms with Crippen LogP contribution in [0.4, 0.5) is 0 Å². The SMILES string of the molecule is CCNC(=NCC(C)Oc1ccccc1OC)NCC1CCCN(CC(C)C)C1.I. The molecule has 0 aliphatic carbocycles. The first-order valence-corrected chi connectivity index (χ1v) is 11.1. The first kappa shape index (κ1) is 26.8. The summed E-state index contributed by atoms with van der Waals surface area (Å²) in [5, 5.41) is 6.89. The number of methoxy groups -OCH3 is 1. The smallest absolute Gasteiger partial charge is 0.191 e. The van der Waals surface area contributed by atoms with E-state index in [1.807, 2.05) is 31.2 Å². The number of aliphatic imine (C=N–C) groups is 1. The van der Waals surface area contributed by atoms with E-state index in [9.17, 15) is 0 Å². The molecule has 172 valence electrons. The Bertz CT molecular complexity index is 627. The zero-order valence-corrected chi connectivity index (χ0v) is 21.6. The van der Waals surface area contributed by atoms with Crippen LogP contribution in [-0.2, 0) is 0 Å². The normalized spacial score (nSPS) is 18.5. The second kappa shape index (κ2) is 14.7. The molecule has 1 aromatic carbocycles. The van der Waals surface area contributed by atoms with Gasteiger partial charge in [0, 0.05) is 26.2 Å². The third-order valence-electron chi connectivity index (χ3n) is 5.03. The average molecular weight is 533 g/mol. The average Bonchev–Trinajstić information content (AvgIpc) is 2.70. The van der Waals surface area contributed by atoms with Crippen LogP contribution in [0.25, 0.3) is 0 Å². The number of para-hydroxylation sites is 2. The van der Waals surface area contributed by atoms with Crippen molar-refractivity contribution in [3.8, 4) is 11.5 Å². The summed E-state index contributed by atoms with van der Waals surface area (Å²) in [6.45, 7) is 14.7. The third-order valence-corrected chi connectivity index (χ3v) is 5.03. The molecule has 2 atom stereocenters. The Balaban J connectivity index is 0.00000450. The summed E-state index contributed by atoms with van der Waals surface area (Å²) in [6, 6.07) is 7.72. The Morgan fingerprint density at radius 2 is 1.93 bits per heavy atom. The maximum absolute atomic E-state index is 6.02. The van der Waals surface area contributed by atoms with Crippen LogP contribution in [0.1, 0.15) is 40.5 Å². The van der Waals surface area contributed by atoms with E-state index in [1.165, 1.54) is 32.5 Å². The van der Waals surface area contributed by atoms with E-state index in [0.29, 0.717) is 12.5 Å². The lowest BCUT2D eigenvalue weighted by molar-refractivity contribution is 0.159. The first-order valence-electron chi connectivity index (χ1n) is 11.1. The molecule has 7 heteroatoms. The van der Waals surface area contributed by atoms with Gasteiger partial charge < -0.3 is 25.0 Å². The predicted octanol–water partition coefficient (Wildman–Crippen LogP) is 4.00. The first-order chi connectivity index (χ1) is 14.0. The van der Waals surface area contributed by atoms with Crippen molar-refractivity contribution >= 4 is 29.9 Å². The number of ether oxygens (including phenoxy) is 2. The summed E-state index contributed by atoms with van der Waals surface area (Å²) in [5.74, 6) is 3.77. The van der Waals surface area contributed by atoms with Crippen molar-refractivity contribution in [2.45, 2.75) is 46.6 Å². The number of halogens is 1. The minimum atomic E-state index is -0.0435. The highest BCUT2D eigenvalue weighted by Crippen LogP contribution is 2.26. The number of nitrogens with zero attached hydrogens (tertiary/aromatic N) is 2. The lowest BCUT2D eigenvalue weighted by Crippen LogP contribution is -2.45. The molecule has 2 rings (SSSR count). The molecule has 6 nitrogen and oxygen atoms in total. The van der Waals surface area contributed by atoms with E-state index < -0.39 is 0 Å². The lowest BCUT2D eigenvalue weighted by Gasteiger charge is -2.34. The Hall–Kier alpha value is -1.22. The number of piperidine rings is 1. The largest absolute Gasteiger partial charge is 0.493 e. The maximum Gasteiger partial charge on any atom is 0.191 e. The minimum Gasteiger partial charge on any atom is -0.493 e. The van der Waals surface area contributed by atoms with Gasteiger partial charge in [0.1, 0.15) is 6.10 Å². The van der Waals surface area contributed by atoms with E-state index in [4.69, 9.17) is 14.5 Å². The summed E-state index contributed by atoms with van der Waals surface area (Å²) in [4.78, 5) is 7.34. The van der Waals surface area contributed by atoms with Crippen LogP contribution in [0, 0.1) is 11.8 Å². The van der Waals surface area contributed by atoms with Crippen LogP contribution in [0.2, 0.25) is 0 Å². The van der Waals surface area contributed by atoms with E-state index in [0.717, 1.165) is 36.5 Å². The molecular weight excluding hydrogens is 491 g/mol. The van der Waals surface area contributed by atoms with Gasteiger partial charge in [-0.05, 0) is 57.2 Å². The van der Waals surface area contributed by atoms with Gasteiger partial charge in [0.15, 0.2) is 17.5 Å². The van der Waals surface area contributed by atoms with E-state index in [-0.39, 0.29) is 30.1 Å². The predicted molar refractivity (Wildman–Crippen MR) is 136 cm³/mol. The van der Waals surface area contributed by atoms with Gasteiger partial charge in [0.25, 0.3) is 0 Å². The second-order valence-electron chi connectivity index (χ2n) is 8.34. The standard InChI is InChI=1S/C23H40N4O2.HI/c1-6-24-23(26-15-20-10-9-13-27(17-20)16-18(2)3)25-14-19(4)29-22-12-8-7-11-21(22)28-5;/h7-8,11-12,18-20H,6,9-10,13-17H2,1-5H3,(H2,24,25,26);1H. The minimum absolute atomic E-state index is 0. The number of hydrogen-bond donors (Lipinski definition) is 2. The summed E-state index contributed by atoms with van der Waals surface area (Å²) in [7, 11) is 1.66. The van der Waals surface area contributed by atoms with Gasteiger partial charge in [-0.1, -0.05) is 26.0 Å². The van der Waals surface area contributed by atoms with Gasteiger partial charge in [-0.25, -0.2) is 4.99 Å². The maximum atomic E-state index is 6.02. The van der Waals surface area contributed by atoms with Crippen LogP contribution in [-0.4, -0.2) is 63.3 Å². The second-order valence-corrected chi connectivity index (χ2v) is 8.34. The van der Waals surface area contributed by atoms with Crippen LogP contribution in [0.15, 0.2) is 29.3 Å². The fraction of sp³-hybridized carbons (Fsp3) is 0.696. The Labute approximate surface area is 200 Å². The van der Waals surface area contributed by atoms with Crippen molar-refractivity contribution in [1.29, 1.82) is 0 Å². The third kappa shape index (κ3) is 9.73. The fourth-order valence-corrected chi connectivity index (χ4v) is 3.77. The molecule has 0 amide bonds. The molecule has 0 spiro atoms. The number of rotatable bonds is 10. The highest BCUT2D eigenvalue weighted by molar-refractivity contribution is 14.0. The molecule has 0 aromatic heterocycles.